The maximum atomic E-state index is 11.2. The molecule has 2 aliphatic rings. The molecule has 0 aromatic heterocycles. The van der Waals surface area contributed by atoms with Gasteiger partial charge in [-0.2, -0.15) is 4.58 Å². The van der Waals surface area contributed by atoms with Crippen LogP contribution in [-0.4, -0.2) is 72.2 Å². The summed E-state index contributed by atoms with van der Waals surface area (Å²) >= 11 is 0. The Balaban J connectivity index is 1.43. The second kappa shape index (κ2) is 14.3. The normalized spacial score (nSPS) is 18.2. The van der Waals surface area contributed by atoms with E-state index in [9.17, 15) is 17.8 Å². The van der Waals surface area contributed by atoms with Crippen molar-refractivity contribution in [3.05, 3.63) is 107 Å². The van der Waals surface area contributed by atoms with Gasteiger partial charge in [-0.25, -0.2) is 8.42 Å². The topological polar surface area (TPSA) is 104 Å². The lowest BCUT2D eigenvalue weighted by molar-refractivity contribution is -0.401. The van der Waals surface area contributed by atoms with E-state index in [0.29, 0.717) is 13.0 Å². The lowest BCUT2D eigenvalue weighted by Crippen LogP contribution is -2.28. The number of hydrogen-bond acceptors (Lipinski definition) is 6. The lowest BCUT2D eigenvalue weighted by atomic mass is 9.80. The van der Waals surface area contributed by atoms with Crippen LogP contribution in [0.1, 0.15) is 63.6 Å². The number of benzene rings is 2. The minimum atomic E-state index is -4.26. The quantitative estimate of drug-likeness (QED) is 0.147. The summed E-state index contributed by atoms with van der Waals surface area (Å²) in [5.74, 6) is -1.14. The molecule has 2 aliphatic heterocycles. The van der Waals surface area contributed by atoms with Crippen molar-refractivity contribution in [2.75, 3.05) is 37.8 Å². The molecule has 0 amide bonds. The van der Waals surface area contributed by atoms with Gasteiger partial charge in [0.05, 0.1) is 15.5 Å². The van der Waals surface area contributed by atoms with Gasteiger partial charge < -0.3 is 19.5 Å². The molecule has 0 radical (unpaired) electrons. The van der Waals surface area contributed by atoms with E-state index in [1.165, 1.54) is 28.1 Å². The molecule has 0 unspecified atom stereocenters. The fraction of sp³-hybridized carbons (Fsp3) is 0.405. The van der Waals surface area contributed by atoms with E-state index in [1.807, 2.05) is 49.6 Å². The summed E-state index contributed by atoms with van der Waals surface area (Å²) in [5.41, 5.74) is 7.72. The van der Waals surface area contributed by atoms with E-state index in [1.54, 1.807) is 0 Å². The Hall–Kier alpha value is -3.79. The SMILES string of the molecule is CN(CCCC(=O)O)Cc1ccc2c(c1)C(C)(C)C(/C=C/C=C/C=C/C=C1/N(CCCS(=O)(=O)[O-])c3ccccc3C1(C)C)=[N+]2C. The third-order valence-electron chi connectivity index (χ3n) is 9.01. The van der Waals surface area contributed by atoms with Crippen LogP contribution >= 0.6 is 0 Å². The number of rotatable bonds is 14. The minimum Gasteiger partial charge on any atom is -0.748 e. The van der Waals surface area contributed by atoms with Crippen LogP contribution in [0.5, 0.6) is 0 Å². The molecule has 0 saturated carbocycles. The van der Waals surface area contributed by atoms with Crippen molar-refractivity contribution in [1.82, 2.24) is 4.90 Å². The first-order chi connectivity index (χ1) is 21.6. The summed E-state index contributed by atoms with van der Waals surface area (Å²) in [6, 6.07) is 14.7. The van der Waals surface area contributed by atoms with Crippen LogP contribution in [0.15, 0.2) is 90.7 Å². The molecule has 246 valence electrons. The molecular formula is C37H47N3O5S. The Bertz CT molecular complexity index is 1710. The van der Waals surface area contributed by atoms with Crippen LogP contribution in [0, 0.1) is 0 Å². The molecule has 0 bridgehead atoms. The number of fused-ring (bicyclic) bond motifs is 2. The minimum absolute atomic E-state index is 0.176. The maximum Gasteiger partial charge on any atom is 0.303 e. The van der Waals surface area contributed by atoms with Crippen LogP contribution in [0.3, 0.4) is 0 Å². The van der Waals surface area contributed by atoms with Gasteiger partial charge in [0.2, 0.25) is 5.69 Å². The summed E-state index contributed by atoms with van der Waals surface area (Å²) in [4.78, 5) is 15.1. The molecule has 8 nitrogen and oxygen atoms in total. The third-order valence-corrected chi connectivity index (χ3v) is 9.80. The molecule has 0 atom stereocenters. The number of hydrogen-bond donors (Lipinski definition) is 1. The average molecular weight is 646 g/mol. The molecule has 0 saturated heterocycles. The molecular weight excluding hydrogens is 598 g/mol. The Labute approximate surface area is 274 Å². The zero-order valence-corrected chi connectivity index (χ0v) is 28.7. The predicted octanol–water partition coefficient (Wildman–Crippen LogP) is 6.27. The number of para-hydroxylation sites is 1. The van der Waals surface area contributed by atoms with Gasteiger partial charge in [-0.3, -0.25) is 4.79 Å². The summed E-state index contributed by atoms with van der Waals surface area (Å²) in [6.45, 7) is 10.8. The first-order valence-electron chi connectivity index (χ1n) is 15.8. The highest BCUT2D eigenvalue weighted by Gasteiger charge is 2.43. The molecule has 4 rings (SSSR count). The number of allylic oxidation sites excluding steroid dienone is 8. The smallest absolute Gasteiger partial charge is 0.303 e. The molecule has 2 heterocycles. The van der Waals surface area contributed by atoms with Gasteiger partial charge in [0, 0.05) is 59.8 Å². The molecule has 46 heavy (non-hydrogen) atoms. The monoisotopic (exact) mass is 645 g/mol. The lowest BCUT2D eigenvalue weighted by Gasteiger charge is -2.27. The molecule has 0 fully saturated rings. The second-order valence-corrected chi connectivity index (χ2v) is 14.8. The average Bonchev–Trinajstić information content (AvgIpc) is 3.29. The van der Waals surface area contributed by atoms with Crippen LogP contribution in [0.4, 0.5) is 11.4 Å². The van der Waals surface area contributed by atoms with Gasteiger partial charge in [-0.05, 0) is 69.6 Å². The van der Waals surface area contributed by atoms with Crippen LogP contribution in [0.2, 0.25) is 0 Å². The summed E-state index contributed by atoms with van der Waals surface area (Å²) in [6.07, 6.45) is 15.4. The summed E-state index contributed by atoms with van der Waals surface area (Å²) in [7, 11) is -0.136. The van der Waals surface area contributed by atoms with Gasteiger partial charge in [-0.15, -0.1) is 0 Å². The second-order valence-electron chi connectivity index (χ2n) is 13.2. The molecule has 1 N–H and O–H groups in total. The highest BCUT2D eigenvalue weighted by atomic mass is 32.2. The third kappa shape index (κ3) is 8.13. The first-order valence-corrected chi connectivity index (χ1v) is 17.4. The van der Waals surface area contributed by atoms with E-state index in [2.05, 4.69) is 91.6 Å². The number of nitrogens with zero attached hydrogens (tertiary/aromatic N) is 3. The van der Waals surface area contributed by atoms with E-state index < -0.39 is 16.1 Å². The highest BCUT2D eigenvalue weighted by Crippen LogP contribution is 2.47. The van der Waals surface area contributed by atoms with E-state index in [-0.39, 0.29) is 29.4 Å². The fourth-order valence-electron chi connectivity index (χ4n) is 6.64. The van der Waals surface area contributed by atoms with Gasteiger partial charge >= 0.3 is 5.97 Å². The van der Waals surface area contributed by atoms with Crippen molar-refractivity contribution in [3.63, 3.8) is 0 Å². The molecule has 2 aromatic carbocycles. The van der Waals surface area contributed by atoms with Crippen molar-refractivity contribution < 1.29 is 27.4 Å². The van der Waals surface area contributed by atoms with E-state index >= 15 is 0 Å². The summed E-state index contributed by atoms with van der Waals surface area (Å²) in [5, 5.41) is 8.92. The maximum absolute atomic E-state index is 11.2. The number of carboxylic acids is 1. The standard InChI is InChI=1S/C37H47N3O5S/c1-36(2)29-16-12-13-17-32(29)40(24-15-25-46(43,44)45)34(36)19-11-9-7-8-10-18-33-37(3,4)30-26-28(21-22-31(30)39(33)6)27-38(5)23-14-20-35(41)42/h7-13,16-19,21-22,26H,14-15,20,23-25,27H2,1-6H3,(H-,41,42,43,44,45). The Morgan fingerprint density at radius 1 is 0.978 bits per heavy atom. The number of carboxylic acid groups (broad SMARTS) is 1. The van der Waals surface area contributed by atoms with Gasteiger partial charge in [0.15, 0.2) is 5.71 Å². The Morgan fingerprint density at radius 2 is 1.67 bits per heavy atom. The van der Waals surface area contributed by atoms with Crippen molar-refractivity contribution in [1.29, 1.82) is 0 Å². The number of carbonyl (C=O) groups is 1. The predicted molar refractivity (Wildman–Crippen MR) is 185 cm³/mol. The first kappa shape index (κ1) is 35.1. The van der Waals surface area contributed by atoms with E-state index in [4.69, 9.17) is 5.11 Å². The van der Waals surface area contributed by atoms with E-state index in [0.717, 1.165) is 24.5 Å². The molecule has 0 aliphatic carbocycles. The molecule has 0 spiro atoms. The van der Waals surface area contributed by atoms with Crippen molar-refractivity contribution >= 4 is 33.2 Å². The van der Waals surface area contributed by atoms with Gasteiger partial charge in [-0.1, -0.05) is 68.5 Å². The van der Waals surface area contributed by atoms with Gasteiger partial charge in [0.25, 0.3) is 0 Å². The van der Waals surface area contributed by atoms with Crippen molar-refractivity contribution in [2.45, 2.75) is 64.3 Å². The zero-order chi connectivity index (χ0) is 33.7. The number of aliphatic carboxylic acids is 1. The summed E-state index contributed by atoms with van der Waals surface area (Å²) < 4.78 is 35.9. The van der Waals surface area contributed by atoms with Crippen molar-refractivity contribution in [2.24, 2.45) is 0 Å². The largest absolute Gasteiger partial charge is 0.748 e. The molecule has 2 aromatic rings. The van der Waals surface area contributed by atoms with Gasteiger partial charge in [0.1, 0.15) is 7.05 Å². The van der Waals surface area contributed by atoms with Crippen LogP contribution in [0.25, 0.3) is 0 Å². The van der Waals surface area contributed by atoms with Crippen LogP contribution in [-0.2, 0) is 32.3 Å². The molecule has 9 heteroatoms. The highest BCUT2D eigenvalue weighted by molar-refractivity contribution is 7.85. The van der Waals surface area contributed by atoms with Crippen molar-refractivity contribution in [3.8, 4) is 0 Å². The Morgan fingerprint density at radius 3 is 2.39 bits per heavy atom. The zero-order valence-electron chi connectivity index (χ0n) is 27.9. The number of anilines is 1. The fourth-order valence-corrected chi connectivity index (χ4v) is 7.12. The van der Waals surface area contributed by atoms with Crippen LogP contribution < -0.4 is 4.90 Å². The Kier molecular flexibility index (Phi) is 10.9.